The summed E-state index contributed by atoms with van der Waals surface area (Å²) in [5.74, 6) is 1.62. The SMILES string of the molecule is CCCCC1CCC(C)c2ccccc21. The lowest BCUT2D eigenvalue weighted by molar-refractivity contribution is 0.466. The fourth-order valence-electron chi connectivity index (χ4n) is 2.84. The second-order valence-electron chi connectivity index (χ2n) is 4.95. The van der Waals surface area contributed by atoms with Crippen LogP contribution in [0.5, 0.6) is 0 Å². The van der Waals surface area contributed by atoms with Crippen LogP contribution < -0.4 is 0 Å². The maximum Gasteiger partial charge on any atom is -0.0159 e. The normalized spacial score (nSPS) is 24.9. The van der Waals surface area contributed by atoms with E-state index >= 15 is 0 Å². The molecule has 1 aliphatic carbocycles. The van der Waals surface area contributed by atoms with Gasteiger partial charge in [0.2, 0.25) is 0 Å². The van der Waals surface area contributed by atoms with Crippen molar-refractivity contribution in [1.82, 2.24) is 0 Å². The molecule has 1 aliphatic rings. The highest BCUT2D eigenvalue weighted by Crippen LogP contribution is 2.40. The first-order valence-electron chi connectivity index (χ1n) is 6.41. The Morgan fingerprint density at radius 2 is 1.87 bits per heavy atom. The molecule has 0 spiro atoms. The van der Waals surface area contributed by atoms with Gasteiger partial charge in [-0.15, -0.1) is 0 Å². The van der Waals surface area contributed by atoms with E-state index in [0.29, 0.717) is 0 Å². The van der Waals surface area contributed by atoms with Crippen LogP contribution in [0.3, 0.4) is 0 Å². The Morgan fingerprint density at radius 3 is 2.60 bits per heavy atom. The summed E-state index contributed by atoms with van der Waals surface area (Å²) in [7, 11) is 0. The molecule has 0 nitrogen and oxygen atoms in total. The zero-order valence-electron chi connectivity index (χ0n) is 10.00. The molecule has 0 bridgehead atoms. The zero-order valence-corrected chi connectivity index (χ0v) is 10.00. The fourth-order valence-corrected chi connectivity index (χ4v) is 2.84. The number of unbranched alkanes of at least 4 members (excludes halogenated alkanes) is 1. The molecule has 0 fully saturated rings. The third-order valence-electron chi connectivity index (χ3n) is 3.82. The molecule has 0 heteroatoms. The minimum atomic E-state index is 0.777. The third kappa shape index (κ3) is 2.25. The average molecular weight is 202 g/mol. The molecule has 0 amide bonds. The van der Waals surface area contributed by atoms with E-state index in [4.69, 9.17) is 0 Å². The van der Waals surface area contributed by atoms with Crippen molar-refractivity contribution in [2.24, 2.45) is 0 Å². The number of hydrogen-bond donors (Lipinski definition) is 0. The van der Waals surface area contributed by atoms with Gasteiger partial charge in [-0.2, -0.15) is 0 Å². The molecule has 15 heavy (non-hydrogen) atoms. The van der Waals surface area contributed by atoms with Gasteiger partial charge in [0.05, 0.1) is 0 Å². The second-order valence-corrected chi connectivity index (χ2v) is 4.95. The molecule has 1 aromatic rings. The molecule has 0 heterocycles. The summed E-state index contributed by atoms with van der Waals surface area (Å²) in [6.07, 6.45) is 6.88. The lowest BCUT2D eigenvalue weighted by Crippen LogP contribution is -2.12. The summed E-state index contributed by atoms with van der Waals surface area (Å²) in [4.78, 5) is 0. The smallest absolute Gasteiger partial charge is 0.0159 e. The van der Waals surface area contributed by atoms with Gasteiger partial charge in [0.25, 0.3) is 0 Å². The summed E-state index contributed by atoms with van der Waals surface area (Å²) in [6, 6.07) is 9.08. The van der Waals surface area contributed by atoms with E-state index in [1.165, 1.54) is 32.1 Å². The van der Waals surface area contributed by atoms with Crippen LogP contribution in [-0.4, -0.2) is 0 Å². The van der Waals surface area contributed by atoms with E-state index in [2.05, 4.69) is 38.1 Å². The van der Waals surface area contributed by atoms with Crippen molar-refractivity contribution in [3.8, 4) is 0 Å². The molecule has 2 atom stereocenters. The van der Waals surface area contributed by atoms with Crippen molar-refractivity contribution < 1.29 is 0 Å². The van der Waals surface area contributed by atoms with E-state index in [-0.39, 0.29) is 0 Å². The monoisotopic (exact) mass is 202 g/mol. The topological polar surface area (TPSA) is 0 Å². The van der Waals surface area contributed by atoms with Crippen molar-refractivity contribution in [3.05, 3.63) is 35.4 Å². The Labute approximate surface area is 93.7 Å². The first-order valence-corrected chi connectivity index (χ1v) is 6.41. The molecular weight excluding hydrogens is 180 g/mol. The van der Waals surface area contributed by atoms with E-state index in [1.807, 2.05) is 0 Å². The van der Waals surface area contributed by atoms with Crippen LogP contribution in [0.15, 0.2) is 24.3 Å². The van der Waals surface area contributed by atoms with Crippen LogP contribution in [0, 0.1) is 0 Å². The summed E-state index contributed by atoms with van der Waals surface area (Å²) in [5, 5.41) is 0. The van der Waals surface area contributed by atoms with Crippen molar-refractivity contribution in [3.63, 3.8) is 0 Å². The minimum Gasteiger partial charge on any atom is -0.0654 e. The predicted molar refractivity (Wildman–Crippen MR) is 66.4 cm³/mol. The number of benzene rings is 1. The molecule has 2 rings (SSSR count). The summed E-state index contributed by atoms with van der Waals surface area (Å²) < 4.78 is 0. The van der Waals surface area contributed by atoms with E-state index < -0.39 is 0 Å². The standard InChI is InChI=1S/C15H22/c1-3-4-7-13-11-10-12(2)14-8-5-6-9-15(13)14/h5-6,8-9,12-13H,3-4,7,10-11H2,1-2H3. The van der Waals surface area contributed by atoms with Crippen LogP contribution in [0.2, 0.25) is 0 Å². The van der Waals surface area contributed by atoms with Gasteiger partial charge in [-0.25, -0.2) is 0 Å². The van der Waals surface area contributed by atoms with Crippen LogP contribution in [0.25, 0.3) is 0 Å². The number of hydrogen-bond acceptors (Lipinski definition) is 0. The van der Waals surface area contributed by atoms with Gasteiger partial charge in [0.1, 0.15) is 0 Å². The Hall–Kier alpha value is -0.780. The maximum absolute atomic E-state index is 2.37. The Bertz CT molecular complexity index is 314. The zero-order chi connectivity index (χ0) is 10.7. The van der Waals surface area contributed by atoms with Crippen LogP contribution in [-0.2, 0) is 0 Å². The number of rotatable bonds is 3. The molecule has 0 aromatic heterocycles. The fraction of sp³-hybridized carbons (Fsp3) is 0.600. The van der Waals surface area contributed by atoms with Crippen molar-refractivity contribution >= 4 is 0 Å². The first-order chi connectivity index (χ1) is 7.33. The van der Waals surface area contributed by atoms with E-state index in [9.17, 15) is 0 Å². The van der Waals surface area contributed by atoms with E-state index in [1.54, 1.807) is 11.1 Å². The Kier molecular flexibility index (Phi) is 3.45. The van der Waals surface area contributed by atoms with Gasteiger partial charge in [-0.05, 0) is 42.2 Å². The third-order valence-corrected chi connectivity index (χ3v) is 3.82. The van der Waals surface area contributed by atoms with Crippen LogP contribution >= 0.6 is 0 Å². The molecule has 0 saturated carbocycles. The van der Waals surface area contributed by atoms with Gasteiger partial charge < -0.3 is 0 Å². The molecule has 0 saturated heterocycles. The molecule has 1 aromatic carbocycles. The molecule has 82 valence electrons. The highest BCUT2D eigenvalue weighted by molar-refractivity contribution is 5.35. The van der Waals surface area contributed by atoms with Gasteiger partial charge in [0, 0.05) is 0 Å². The molecule has 2 unspecified atom stereocenters. The summed E-state index contributed by atoms with van der Waals surface area (Å²) >= 11 is 0. The first kappa shape index (κ1) is 10.7. The minimum absolute atomic E-state index is 0.777. The predicted octanol–water partition coefficient (Wildman–Crippen LogP) is 4.86. The summed E-state index contributed by atoms with van der Waals surface area (Å²) in [5.41, 5.74) is 3.26. The highest BCUT2D eigenvalue weighted by Gasteiger charge is 2.23. The van der Waals surface area contributed by atoms with Crippen LogP contribution in [0.1, 0.15) is 68.9 Å². The maximum atomic E-state index is 2.37. The van der Waals surface area contributed by atoms with Gasteiger partial charge in [-0.1, -0.05) is 51.0 Å². The molecule has 0 radical (unpaired) electrons. The lowest BCUT2D eigenvalue weighted by Gasteiger charge is -2.29. The highest BCUT2D eigenvalue weighted by atomic mass is 14.3. The number of fused-ring (bicyclic) bond motifs is 1. The second kappa shape index (κ2) is 4.83. The van der Waals surface area contributed by atoms with E-state index in [0.717, 1.165) is 11.8 Å². The average Bonchev–Trinajstić information content (AvgIpc) is 2.29. The Balaban J connectivity index is 2.20. The molecular formula is C15H22. The Morgan fingerprint density at radius 1 is 1.13 bits per heavy atom. The lowest BCUT2D eigenvalue weighted by atomic mass is 9.76. The largest absolute Gasteiger partial charge is 0.0654 e. The van der Waals surface area contributed by atoms with Gasteiger partial charge in [-0.3, -0.25) is 0 Å². The molecule has 0 N–H and O–H groups in total. The molecule has 0 aliphatic heterocycles. The van der Waals surface area contributed by atoms with Gasteiger partial charge in [0.15, 0.2) is 0 Å². The summed E-state index contributed by atoms with van der Waals surface area (Å²) in [6.45, 7) is 4.66. The van der Waals surface area contributed by atoms with Crippen molar-refractivity contribution in [2.75, 3.05) is 0 Å². The quantitative estimate of drug-likeness (QED) is 0.656. The van der Waals surface area contributed by atoms with Crippen molar-refractivity contribution in [1.29, 1.82) is 0 Å². The van der Waals surface area contributed by atoms with Crippen LogP contribution in [0.4, 0.5) is 0 Å². The van der Waals surface area contributed by atoms with Gasteiger partial charge >= 0.3 is 0 Å². The van der Waals surface area contributed by atoms with Crippen molar-refractivity contribution in [2.45, 2.75) is 57.8 Å².